The largest absolute Gasteiger partial charge is 0.347 e. The Bertz CT molecular complexity index is 1670. The molecule has 4 aromatic carbocycles. The predicted molar refractivity (Wildman–Crippen MR) is 208 cm³/mol. The number of halogens is 3. The van der Waals surface area contributed by atoms with E-state index in [0.29, 0.717) is 20.8 Å². The Morgan fingerprint density at radius 1 is 0.660 bits per heavy atom. The van der Waals surface area contributed by atoms with Gasteiger partial charge in [-0.25, -0.2) is 4.99 Å². The van der Waals surface area contributed by atoms with Gasteiger partial charge in [0.2, 0.25) is 0 Å². The summed E-state index contributed by atoms with van der Waals surface area (Å²) in [5.74, 6) is 0.795. The maximum atomic E-state index is 6.72. The maximum absolute atomic E-state index is 6.72. The number of quaternary nitrogens is 1. The number of thioether (sulfide) groups is 1. The zero-order valence-electron chi connectivity index (χ0n) is 29.2. The second-order valence-electron chi connectivity index (χ2n) is 13.8. The van der Waals surface area contributed by atoms with Crippen molar-refractivity contribution in [3.63, 3.8) is 0 Å². The molecule has 0 atom stereocenters. The molecule has 0 aliphatic carbocycles. The Labute approximate surface area is 302 Å². The van der Waals surface area contributed by atoms with E-state index < -0.39 is 0 Å². The van der Waals surface area contributed by atoms with Crippen LogP contribution in [0.2, 0.25) is 15.1 Å². The molecule has 0 N–H and O–H groups in total. The van der Waals surface area contributed by atoms with Crippen LogP contribution in [-0.2, 0) is 18.8 Å². The average molecular weight is 710 g/mol. The summed E-state index contributed by atoms with van der Waals surface area (Å²) in [4.78, 5) is 7.61. The lowest BCUT2D eigenvalue weighted by Gasteiger charge is -2.31. The minimum Gasteiger partial charge on any atom is -0.347 e. The van der Waals surface area contributed by atoms with Crippen molar-refractivity contribution in [1.29, 1.82) is 0 Å². The molecule has 7 heteroatoms. The highest BCUT2D eigenvalue weighted by molar-refractivity contribution is 8.13. The van der Waals surface area contributed by atoms with Crippen molar-refractivity contribution >= 4 is 57.4 Å². The van der Waals surface area contributed by atoms with Gasteiger partial charge in [0.1, 0.15) is 6.54 Å². The highest BCUT2D eigenvalue weighted by atomic mass is 35.5. The molecule has 0 aliphatic rings. The summed E-state index contributed by atoms with van der Waals surface area (Å²) >= 11 is 21.2. The number of amidine groups is 1. The third-order valence-electron chi connectivity index (χ3n) is 8.14. The van der Waals surface area contributed by atoms with E-state index in [1.165, 1.54) is 50.1 Å². The molecule has 0 aromatic heterocycles. The van der Waals surface area contributed by atoms with Crippen molar-refractivity contribution in [2.75, 3.05) is 27.2 Å². The molecule has 0 fully saturated rings. The van der Waals surface area contributed by atoms with E-state index in [9.17, 15) is 0 Å². The number of aliphatic imine (C=N–C) groups is 1. The van der Waals surface area contributed by atoms with Crippen LogP contribution >= 0.6 is 46.6 Å². The number of benzene rings is 4. The van der Waals surface area contributed by atoms with Gasteiger partial charge in [-0.15, -0.1) is 0 Å². The molecular formula is C40H49Cl3N3S+. The smallest absolute Gasteiger partial charge is 0.165 e. The van der Waals surface area contributed by atoms with Gasteiger partial charge in [0, 0.05) is 24.4 Å². The van der Waals surface area contributed by atoms with E-state index >= 15 is 0 Å². The molecule has 4 rings (SSSR count). The molecule has 0 aliphatic heterocycles. The molecule has 0 bridgehead atoms. The van der Waals surface area contributed by atoms with E-state index in [2.05, 4.69) is 115 Å². The lowest BCUT2D eigenvalue weighted by atomic mass is 10.1. The van der Waals surface area contributed by atoms with Gasteiger partial charge in [0.25, 0.3) is 0 Å². The van der Waals surface area contributed by atoms with E-state index in [1.54, 1.807) is 17.8 Å². The summed E-state index contributed by atoms with van der Waals surface area (Å²) in [5.41, 5.74) is 12.3. The van der Waals surface area contributed by atoms with Crippen LogP contribution in [0.3, 0.4) is 0 Å². The predicted octanol–water partition coefficient (Wildman–Crippen LogP) is 12.0. The molecule has 0 radical (unpaired) electrons. The second-order valence-corrected chi connectivity index (χ2v) is 15.9. The van der Waals surface area contributed by atoms with Crippen LogP contribution in [0.1, 0.15) is 62.9 Å². The molecule has 0 saturated heterocycles. The van der Waals surface area contributed by atoms with Crippen LogP contribution in [0.25, 0.3) is 0 Å². The van der Waals surface area contributed by atoms with Crippen LogP contribution < -0.4 is 0 Å². The summed E-state index contributed by atoms with van der Waals surface area (Å²) in [6.45, 7) is 16.7. The van der Waals surface area contributed by atoms with E-state index in [-0.39, 0.29) is 0 Å². The van der Waals surface area contributed by atoms with Crippen molar-refractivity contribution in [3.05, 3.63) is 132 Å². The van der Waals surface area contributed by atoms with Gasteiger partial charge < -0.3 is 9.38 Å². The van der Waals surface area contributed by atoms with Crippen molar-refractivity contribution < 1.29 is 4.48 Å². The van der Waals surface area contributed by atoms with Gasteiger partial charge >= 0.3 is 0 Å². The Hall–Kier alpha value is -2.47. The van der Waals surface area contributed by atoms with Crippen molar-refractivity contribution in [2.45, 2.75) is 73.2 Å². The van der Waals surface area contributed by atoms with E-state index in [1.807, 2.05) is 6.07 Å². The van der Waals surface area contributed by atoms with Crippen molar-refractivity contribution in [3.8, 4) is 0 Å². The number of rotatable bonds is 12. The molecule has 47 heavy (non-hydrogen) atoms. The highest BCUT2D eigenvalue weighted by Gasteiger charge is 2.20. The molecule has 3 nitrogen and oxygen atoms in total. The number of unbranched alkanes of at least 4 members (excludes halogenated alkanes) is 1. The van der Waals surface area contributed by atoms with Gasteiger partial charge in [0.05, 0.1) is 41.4 Å². The Balaban J connectivity index is 1.62. The number of hydrogen-bond donors (Lipinski definition) is 0. The fraction of sp³-hybridized carbons (Fsp3) is 0.375. The number of aryl methyl sites for hydroxylation is 6. The third kappa shape index (κ3) is 11.6. The fourth-order valence-electron chi connectivity index (χ4n) is 6.40. The Kier molecular flexibility index (Phi) is 13.3. The third-order valence-corrected chi connectivity index (χ3v) is 10.5. The summed E-state index contributed by atoms with van der Waals surface area (Å²) < 4.78 is 0.946. The maximum Gasteiger partial charge on any atom is 0.165 e. The van der Waals surface area contributed by atoms with Crippen LogP contribution in [0.15, 0.2) is 71.7 Å². The monoisotopic (exact) mass is 708 g/mol. The summed E-state index contributed by atoms with van der Waals surface area (Å²) in [6.07, 6.45) is 2.14. The van der Waals surface area contributed by atoms with Gasteiger partial charge in [-0.2, -0.15) is 0 Å². The van der Waals surface area contributed by atoms with Crippen LogP contribution in [-0.4, -0.2) is 41.7 Å². The van der Waals surface area contributed by atoms with Gasteiger partial charge in [-0.3, -0.25) is 0 Å². The first-order chi connectivity index (χ1) is 22.2. The van der Waals surface area contributed by atoms with E-state index in [0.717, 1.165) is 54.4 Å². The lowest BCUT2D eigenvalue weighted by Crippen LogP contribution is -2.40. The first-order valence-electron chi connectivity index (χ1n) is 16.3. The lowest BCUT2D eigenvalue weighted by molar-refractivity contribution is -0.903. The quantitative estimate of drug-likeness (QED) is 0.0478. The van der Waals surface area contributed by atoms with Gasteiger partial charge in [-0.05, 0) is 77.6 Å². The van der Waals surface area contributed by atoms with Crippen LogP contribution in [0, 0.1) is 41.5 Å². The molecule has 0 heterocycles. The zero-order valence-corrected chi connectivity index (χ0v) is 32.3. The van der Waals surface area contributed by atoms with E-state index in [4.69, 9.17) is 39.8 Å². The summed E-state index contributed by atoms with van der Waals surface area (Å²) in [7, 11) is 4.67. The standard InChI is InChI=1S/C40H49Cl3N3S/c1-27-15-28(2)19-33(18-27)24-45(13-9-10-14-46(7,8)25-34-20-29(3)16-30(4)21-34)40(44-37-12-11-36(41)38(42)39(37)43)47-26-35-22-31(5)17-32(6)23-35/h11-12,15-23H,9-10,13-14,24-26H2,1-8H3/q+1/b44-40-. The summed E-state index contributed by atoms with van der Waals surface area (Å²) in [5, 5.41) is 2.06. The Morgan fingerprint density at radius 3 is 1.72 bits per heavy atom. The topological polar surface area (TPSA) is 15.6 Å². The molecule has 0 amide bonds. The van der Waals surface area contributed by atoms with Gasteiger partial charge in [-0.1, -0.05) is 135 Å². The molecule has 0 spiro atoms. The number of nitrogens with zero attached hydrogens (tertiary/aromatic N) is 3. The van der Waals surface area contributed by atoms with Crippen molar-refractivity contribution in [1.82, 2.24) is 4.90 Å². The molecule has 250 valence electrons. The van der Waals surface area contributed by atoms with Gasteiger partial charge in [0.15, 0.2) is 5.17 Å². The van der Waals surface area contributed by atoms with Crippen LogP contribution in [0.4, 0.5) is 5.69 Å². The normalized spacial score (nSPS) is 12.1. The number of hydrogen-bond acceptors (Lipinski definition) is 2. The minimum atomic E-state index is 0.331. The summed E-state index contributed by atoms with van der Waals surface area (Å²) in [6, 6.07) is 24.0. The molecular weight excluding hydrogens is 661 g/mol. The Morgan fingerprint density at radius 2 is 1.17 bits per heavy atom. The highest BCUT2D eigenvalue weighted by Crippen LogP contribution is 2.38. The minimum absolute atomic E-state index is 0.331. The molecule has 4 aromatic rings. The molecule has 0 unspecified atom stereocenters. The zero-order chi connectivity index (χ0) is 34.3. The first kappa shape index (κ1) is 37.4. The van der Waals surface area contributed by atoms with Crippen molar-refractivity contribution in [2.24, 2.45) is 4.99 Å². The van der Waals surface area contributed by atoms with Crippen LogP contribution in [0.5, 0.6) is 0 Å². The fourth-order valence-corrected chi connectivity index (χ4v) is 7.94. The SMILES string of the molecule is Cc1cc(C)cc(CS/C(=N\c2ccc(Cl)c(Cl)c2Cl)N(CCCC[N+](C)(C)Cc2cc(C)cc(C)c2)Cc2cc(C)cc(C)c2)c1. The first-order valence-corrected chi connectivity index (χ1v) is 18.4. The average Bonchev–Trinajstić information content (AvgIpc) is 2.95. The second kappa shape index (κ2) is 16.8. The molecule has 0 saturated carbocycles.